The lowest BCUT2D eigenvalue weighted by Crippen LogP contribution is -2.04. The van der Waals surface area contributed by atoms with Crippen molar-refractivity contribution in [3.8, 4) is 22.8 Å². The number of rotatable bonds is 4. The van der Waals surface area contributed by atoms with Crippen LogP contribution in [0, 0.1) is 0 Å². The van der Waals surface area contributed by atoms with Crippen LogP contribution < -0.4 is 16.2 Å². The van der Waals surface area contributed by atoms with Crippen molar-refractivity contribution in [2.24, 2.45) is 0 Å². The summed E-state index contributed by atoms with van der Waals surface area (Å²) in [5.41, 5.74) is 15.3. The first-order chi connectivity index (χ1) is 11.1. The second kappa shape index (κ2) is 6.02. The number of nitrogens with zero attached hydrogens (tertiary/aromatic N) is 2. The summed E-state index contributed by atoms with van der Waals surface area (Å²) in [6, 6.07) is 12.8. The van der Waals surface area contributed by atoms with E-state index in [2.05, 4.69) is 4.98 Å². The van der Waals surface area contributed by atoms with Crippen LogP contribution in [0.4, 0.5) is 11.4 Å². The zero-order valence-corrected chi connectivity index (χ0v) is 12.7. The van der Waals surface area contributed by atoms with Gasteiger partial charge in [-0.3, -0.25) is 4.57 Å². The zero-order chi connectivity index (χ0) is 16.4. The third-order valence-electron chi connectivity index (χ3n) is 3.64. The average Bonchev–Trinajstić information content (AvgIpc) is 2.98. The molecule has 0 atom stereocenters. The standard InChI is InChI=1S/C17H18N4O2/c1-23-14-5-3-12(4-6-14)21-13(10-22)9-20-17(21)15-7-2-11(18)8-16(15)19/h2-9,22H,10,18-19H2,1H3. The summed E-state index contributed by atoms with van der Waals surface area (Å²) in [6.45, 7) is -0.131. The molecule has 2 aromatic carbocycles. The number of nitrogen functional groups attached to an aromatic ring is 2. The molecule has 0 aliphatic carbocycles. The Bertz CT molecular complexity index is 825. The van der Waals surface area contributed by atoms with Gasteiger partial charge in [0.2, 0.25) is 0 Å². The maximum absolute atomic E-state index is 9.62. The molecule has 0 saturated carbocycles. The second-order valence-corrected chi connectivity index (χ2v) is 5.11. The molecule has 6 heteroatoms. The smallest absolute Gasteiger partial charge is 0.146 e. The van der Waals surface area contributed by atoms with Gasteiger partial charge in [0.1, 0.15) is 11.6 Å². The lowest BCUT2D eigenvalue weighted by molar-refractivity contribution is 0.275. The van der Waals surface area contributed by atoms with Gasteiger partial charge < -0.3 is 21.3 Å². The first kappa shape index (κ1) is 14.9. The lowest BCUT2D eigenvalue weighted by Gasteiger charge is -2.13. The van der Waals surface area contributed by atoms with Crippen molar-refractivity contribution in [1.82, 2.24) is 9.55 Å². The summed E-state index contributed by atoms with van der Waals surface area (Å²) in [5, 5.41) is 9.62. The number of nitrogens with two attached hydrogens (primary N) is 2. The Balaban J connectivity index is 2.17. The van der Waals surface area contributed by atoms with Crippen LogP contribution in [-0.2, 0) is 6.61 Å². The van der Waals surface area contributed by atoms with E-state index in [0.29, 0.717) is 22.9 Å². The monoisotopic (exact) mass is 310 g/mol. The van der Waals surface area contributed by atoms with Crippen molar-refractivity contribution in [3.63, 3.8) is 0 Å². The molecule has 118 valence electrons. The molecule has 0 fully saturated rings. The van der Waals surface area contributed by atoms with Crippen LogP contribution >= 0.6 is 0 Å². The van der Waals surface area contributed by atoms with Crippen molar-refractivity contribution in [2.75, 3.05) is 18.6 Å². The SMILES string of the molecule is COc1ccc(-n2c(CO)cnc2-c2ccc(N)cc2N)cc1. The number of methoxy groups -OCH3 is 1. The van der Waals surface area contributed by atoms with Crippen molar-refractivity contribution in [2.45, 2.75) is 6.61 Å². The maximum Gasteiger partial charge on any atom is 0.146 e. The van der Waals surface area contributed by atoms with Crippen LogP contribution in [-0.4, -0.2) is 21.8 Å². The summed E-state index contributed by atoms with van der Waals surface area (Å²) >= 11 is 0. The number of imidazole rings is 1. The number of anilines is 2. The van der Waals surface area contributed by atoms with Gasteiger partial charge in [0.25, 0.3) is 0 Å². The number of hydrogen-bond acceptors (Lipinski definition) is 5. The van der Waals surface area contributed by atoms with E-state index >= 15 is 0 Å². The Morgan fingerprint density at radius 2 is 1.87 bits per heavy atom. The minimum absolute atomic E-state index is 0.131. The van der Waals surface area contributed by atoms with Gasteiger partial charge in [-0.15, -0.1) is 0 Å². The molecule has 23 heavy (non-hydrogen) atoms. The molecular formula is C17H18N4O2. The molecule has 5 N–H and O–H groups in total. The molecular weight excluding hydrogens is 292 g/mol. The Morgan fingerprint density at radius 1 is 1.13 bits per heavy atom. The van der Waals surface area contributed by atoms with E-state index in [1.165, 1.54) is 0 Å². The van der Waals surface area contributed by atoms with Crippen LogP contribution in [0.2, 0.25) is 0 Å². The molecule has 0 aliphatic heterocycles. The summed E-state index contributed by atoms with van der Waals surface area (Å²) in [5.74, 6) is 1.41. The highest BCUT2D eigenvalue weighted by Gasteiger charge is 2.15. The highest BCUT2D eigenvalue weighted by molar-refractivity contribution is 5.76. The quantitative estimate of drug-likeness (QED) is 0.642. The molecule has 0 bridgehead atoms. The molecule has 1 aromatic heterocycles. The van der Waals surface area contributed by atoms with E-state index in [0.717, 1.165) is 17.0 Å². The minimum atomic E-state index is -0.131. The van der Waals surface area contributed by atoms with Crippen molar-refractivity contribution in [1.29, 1.82) is 0 Å². The number of benzene rings is 2. The van der Waals surface area contributed by atoms with Crippen molar-refractivity contribution < 1.29 is 9.84 Å². The van der Waals surface area contributed by atoms with Gasteiger partial charge >= 0.3 is 0 Å². The van der Waals surface area contributed by atoms with Gasteiger partial charge in [-0.05, 0) is 42.5 Å². The van der Waals surface area contributed by atoms with Crippen LogP contribution in [0.3, 0.4) is 0 Å². The Morgan fingerprint density at radius 3 is 2.48 bits per heavy atom. The fraction of sp³-hybridized carbons (Fsp3) is 0.118. The largest absolute Gasteiger partial charge is 0.497 e. The molecule has 3 aromatic rings. The predicted octanol–water partition coefficient (Wildman–Crippen LogP) is 2.20. The second-order valence-electron chi connectivity index (χ2n) is 5.11. The maximum atomic E-state index is 9.62. The minimum Gasteiger partial charge on any atom is -0.497 e. The van der Waals surface area contributed by atoms with Crippen molar-refractivity contribution >= 4 is 11.4 Å². The summed E-state index contributed by atoms with van der Waals surface area (Å²) in [4.78, 5) is 4.42. The predicted molar refractivity (Wildman–Crippen MR) is 90.3 cm³/mol. The third-order valence-corrected chi connectivity index (χ3v) is 3.64. The van der Waals surface area contributed by atoms with Crippen LogP contribution in [0.15, 0.2) is 48.7 Å². The number of aliphatic hydroxyl groups is 1. The number of hydrogen-bond donors (Lipinski definition) is 3. The lowest BCUT2D eigenvalue weighted by atomic mass is 10.1. The topological polar surface area (TPSA) is 99.3 Å². The Labute approximate surface area is 134 Å². The van der Waals surface area contributed by atoms with E-state index in [1.807, 2.05) is 34.9 Å². The number of ether oxygens (including phenoxy) is 1. The average molecular weight is 310 g/mol. The van der Waals surface area contributed by atoms with Gasteiger partial charge in [0.05, 0.1) is 25.6 Å². The zero-order valence-electron chi connectivity index (χ0n) is 12.7. The van der Waals surface area contributed by atoms with Gasteiger partial charge in [0.15, 0.2) is 0 Å². The van der Waals surface area contributed by atoms with Gasteiger partial charge in [-0.1, -0.05) is 0 Å². The highest BCUT2D eigenvalue weighted by Crippen LogP contribution is 2.30. The van der Waals surface area contributed by atoms with Gasteiger partial charge in [0, 0.05) is 22.6 Å². The fourth-order valence-electron chi connectivity index (χ4n) is 2.49. The number of aromatic nitrogens is 2. The molecule has 6 nitrogen and oxygen atoms in total. The summed E-state index contributed by atoms with van der Waals surface area (Å²) in [7, 11) is 1.62. The molecule has 0 unspecified atom stereocenters. The molecule has 0 amide bonds. The fourth-order valence-corrected chi connectivity index (χ4v) is 2.49. The first-order valence-corrected chi connectivity index (χ1v) is 7.11. The Hall–Kier alpha value is -2.99. The van der Waals surface area contributed by atoms with Crippen LogP contribution in [0.5, 0.6) is 5.75 Å². The van der Waals surface area contributed by atoms with Crippen molar-refractivity contribution in [3.05, 3.63) is 54.4 Å². The third kappa shape index (κ3) is 2.72. The molecule has 0 saturated heterocycles. The van der Waals surface area contributed by atoms with E-state index in [1.54, 1.807) is 25.4 Å². The Kier molecular flexibility index (Phi) is 3.91. The van der Waals surface area contributed by atoms with Gasteiger partial charge in [-0.2, -0.15) is 0 Å². The van der Waals surface area contributed by atoms with Gasteiger partial charge in [-0.25, -0.2) is 4.98 Å². The number of aliphatic hydroxyl groups excluding tert-OH is 1. The summed E-state index contributed by atoms with van der Waals surface area (Å²) < 4.78 is 7.04. The van der Waals surface area contributed by atoms with E-state index < -0.39 is 0 Å². The molecule has 0 spiro atoms. The molecule has 0 radical (unpaired) electrons. The molecule has 1 heterocycles. The summed E-state index contributed by atoms with van der Waals surface area (Å²) in [6.07, 6.45) is 1.63. The van der Waals surface area contributed by atoms with E-state index in [-0.39, 0.29) is 6.61 Å². The molecule has 3 rings (SSSR count). The normalized spacial score (nSPS) is 10.7. The van der Waals surface area contributed by atoms with Crippen LogP contribution in [0.25, 0.3) is 17.1 Å². The molecule has 0 aliphatic rings. The van der Waals surface area contributed by atoms with E-state index in [9.17, 15) is 5.11 Å². The van der Waals surface area contributed by atoms with E-state index in [4.69, 9.17) is 16.2 Å². The van der Waals surface area contributed by atoms with Crippen LogP contribution in [0.1, 0.15) is 5.69 Å². The highest BCUT2D eigenvalue weighted by atomic mass is 16.5. The first-order valence-electron chi connectivity index (χ1n) is 7.11.